The highest BCUT2D eigenvalue weighted by Crippen LogP contribution is 2.40. The van der Waals surface area contributed by atoms with Crippen LogP contribution in [-0.2, 0) is 4.74 Å². The molecule has 6 heterocycles. The van der Waals surface area contributed by atoms with Gasteiger partial charge in [0.15, 0.2) is 0 Å². The van der Waals surface area contributed by atoms with Crippen LogP contribution in [0.25, 0.3) is 88.3 Å². The Morgan fingerprint density at radius 2 is 1.00 bits per heavy atom. The average molecular weight is 712 g/mol. The molecule has 0 bridgehead atoms. The first kappa shape index (κ1) is 30.1. The van der Waals surface area contributed by atoms with Crippen molar-refractivity contribution >= 4 is 112 Å². The molecule has 9 nitrogen and oxygen atoms in total. The molecule has 0 aliphatic carbocycles. The number of para-hydroxylation sites is 8. The predicted molar refractivity (Wildman–Crippen MR) is 215 cm³/mol. The molecule has 6 aromatic heterocycles. The lowest BCUT2D eigenvalue weighted by Gasteiger charge is -2.19. The third kappa shape index (κ3) is 4.11. The number of amides is 1. The lowest BCUT2D eigenvalue weighted by Crippen LogP contribution is -2.27. The fourth-order valence-corrected chi connectivity index (χ4v) is 8.49. The summed E-state index contributed by atoms with van der Waals surface area (Å²) in [4.78, 5) is 22.3. The molecule has 0 saturated carbocycles. The van der Waals surface area contributed by atoms with Gasteiger partial charge in [-0.3, -0.25) is 22.9 Å². The number of aromatic nitrogens is 6. The van der Waals surface area contributed by atoms with Crippen molar-refractivity contribution in [3.8, 4) is 0 Å². The number of carbonyl (C=O) groups excluding carboxylic acids is 1. The zero-order chi connectivity index (χ0) is 35.7. The Labute approximate surface area is 305 Å². The first-order valence-corrected chi connectivity index (χ1v) is 17.9. The number of rotatable bonds is 1. The van der Waals surface area contributed by atoms with E-state index in [1.807, 2.05) is 75.4 Å². The van der Waals surface area contributed by atoms with Crippen molar-refractivity contribution in [2.24, 2.45) is 0 Å². The molecule has 0 spiro atoms. The quantitative estimate of drug-likeness (QED) is 0.184. The summed E-state index contributed by atoms with van der Waals surface area (Å²) in [6, 6.07) is 41.1. The van der Waals surface area contributed by atoms with E-state index in [-0.39, 0.29) is 0 Å². The van der Waals surface area contributed by atoms with Gasteiger partial charge in [0.05, 0.1) is 65.9 Å². The first-order chi connectivity index (χ1) is 25.8. The first-order valence-electron chi connectivity index (χ1n) is 17.5. The van der Waals surface area contributed by atoms with Crippen molar-refractivity contribution in [1.82, 2.24) is 27.6 Å². The van der Waals surface area contributed by atoms with E-state index < -0.39 is 11.7 Å². The number of anilines is 1. The molecule has 1 amide bonds. The Morgan fingerprint density at radius 1 is 0.547 bits per heavy atom. The van der Waals surface area contributed by atoms with Crippen LogP contribution in [0.4, 0.5) is 10.5 Å². The molecule has 53 heavy (non-hydrogen) atoms. The molecular formula is C43H30ClN7O2. The average Bonchev–Trinajstić information content (AvgIpc) is 3.97. The molecule has 0 unspecified atom stereocenters. The van der Waals surface area contributed by atoms with Crippen LogP contribution in [0.3, 0.4) is 0 Å². The Bertz CT molecular complexity index is 3430. The fourth-order valence-electron chi connectivity index (χ4n) is 8.23. The maximum Gasteiger partial charge on any atom is 0.412 e. The van der Waals surface area contributed by atoms with Crippen LogP contribution in [-0.4, -0.2) is 39.3 Å². The molecule has 0 aliphatic heterocycles. The second-order valence-corrected chi connectivity index (χ2v) is 14.9. The molecule has 6 aromatic carbocycles. The van der Waals surface area contributed by atoms with Gasteiger partial charge < -0.3 is 4.74 Å². The Kier molecular flexibility index (Phi) is 5.96. The van der Waals surface area contributed by atoms with Gasteiger partial charge in [-0.25, -0.2) is 14.8 Å². The number of fused-ring (bicyclic) bond motifs is 16. The molecule has 256 valence electrons. The van der Waals surface area contributed by atoms with Gasteiger partial charge in [-0.15, -0.1) is 0 Å². The standard InChI is InChI=1S/C24H20N4O2.C19H10ClN3/c1-24(2,3)30-23(29)26-17-11-6-8-14-15-9-7-13-19-21(15)28(20(14)17)22-25-16-10-4-5-12-18(16)27(19)22;20-13-7-3-5-11-12-6-4-10-16-18(12)23(17(11)13)19-21-14-8-1-2-9-15(14)22(16)19/h4-13H,1-3H3,(H,26,29);1-10H. The molecule has 0 saturated heterocycles. The van der Waals surface area contributed by atoms with Gasteiger partial charge in [0.1, 0.15) is 5.60 Å². The summed E-state index contributed by atoms with van der Waals surface area (Å²) in [5.74, 6) is 1.75. The van der Waals surface area contributed by atoms with E-state index in [2.05, 4.69) is 89.6 Å². The predicted octanol–water partition coefficient (Wildman–Crippen LogP) is 11.0. The van der Waals surface area contributed by atoms with Gasteiger partial charge in [-0.05, 0) is 69.3 Å². The summed E-state index contributed by atoms with van der Waals surface area (Å²) < 4.78 is 14.2. The minimum Gasteiger partial charge on any atom is -0.444 e. The highest BCUT2D eigenvalue weighted by Gasteiger charge is 2.24. The Morgan fingerprint density at radius 3 is 1.57 bits per heavy atom. The lowest BCUT2D eigenvalue weighted by atomic mass is 10.1. The van der Waals surface area contributed by atoms with E-state index in [0.29, 0.717) is 5.69 Å². The third-order valence-electron chi connectivity index (χ3n) is 10.1. The molecule has 12 rings (SSSR count). The summed E-state index contributed by atoms with van der Waals surface area (Å²) in [6.45, 7) is 5.56. The SMILES string of the molecule is CC(C)(C)OC(=O)Nc1cccc2c3cccc4c3n(c12)c1nc2ccccc2n41.Clc1cccc2c3cccc4c3n(c12)c1nc2ccccc2n41. The molecule has 12 aromatic rings. The Hall–Kier alpha value is -6.58. The lowest BCUT2D eigenvalue weighted by molar-refractivity contribution is 0.0636. The number of halogens is 1. The largest absolute Gasteiger partial charge is 0.444 e. The molecule has 0 radical (unpaired) electrons. The number of hydrogen-bond donors (Lipinski definition) is 1. The zero-order valence-corrected chi connectivity index (χ0v) is 29.7. The fraction of sp³-hybridized carbons (Fsp3) is 0.0930. The smallest absolute Gasteiger partial charge is 0.412 e. The second kappa shape index (κ2) is 10.5. The van der Waals surface area contributed by atoms with Crippen LogP contribution >= 0.6 is 11.6 Å². The zero-order valence-electron chi connectivity index (χ0n) is 28.9. The number of benzene rings is 6. The van der Waals surface area contributed by atoms with Gasteiger partial charge in [-0.1, -0.05) is 84.4 Å². The van der Waals surface area contributed by atoms with Crippen molar-refractivity contribution in [3.63, 3.8) is 0 Å². The molecule has 0 fully saturated rings. The molecule has 0 aliphatic rings. The monoisotopic (exact) mass is 711 g/mol. The summed E-state index contributed by atoms with van der Waals surface area (Å²) in [6.07, 6.45) is -0.472. The van der Waals surface area contributed by atoms with Crippen molar-refractivity contribution < 1.29 is 9.53 Å². The summed E-state index contributed by atoms with van der Waals surface area (Å²) in [5, 5.41) is 8.29. The maximum absolute atomic E-state index is 12.5. The van der Waals surface area contributed by atoms with Crippen LogP contribution in [0.15, 0.2) is 121 Å². The van der Waals surface area contributed by atoms with Gasteiger partial charge in [0.25, 0.3) is 0 Å². The number of carbonyl (C=O) groups is 1. The van der Waals surface area contributed by atoms with E-state index in [9.17, 15) is 4.79 Å². The second-order valence-electron chi connectivity index (χ2n) is 14.5. The van der Waals surface area contributed by atoms with Crippen LogP contribution in [0.5, 0.6) is 0 Å². The number of ether oxygens (including phenoxy) is 1. The van der Waals surface area contributed by atoms with Crippen molar-refractivity contribution in [2.75, 3.05) is 5.32 Å². The molecule has 10 heteroatoms. The van der Waals surface area contributed by atoms with E-state index in [0.717, 1.165) is 71.5 Å². The topological polar surface area (TPSA) is 81.7 Å². The van der Waals surface area contributed by atoms with Gasteiger partial charge in [0.2, 0.25) is 11.6 Å². The number of hydrogen-bond acceptors (Lipinski definition) is 4. The minimum atomic E-state index is -0.570. The molecule has 1 N–H and O–H groups in total. The van der Waals surface area contributed by atoms with E-state index in [1.54, 1.807) is 0 Å². The van der Waals surface area contributed by atoms with Gasteiger partial charge >= 0.3 is 6.09 Å². The van der Waals surface area contributed by atoms with Crippen LogP contribution in [0.2, 0.25) is 5.02 Å². The summed E-state index contributed by atoms with van der Waals surface area (Å²) in [7, 11) is 0. The van der Waals surface area contributed by atoms with E-state index in [1.165, 1.54) is 21.8 Å². The number of nitrogens with zero attached hydrogens (tertiary/aromatic N) is 6. The van der Waals surface area contributed by atoms with E-state index in [4.69, 9.17) is 26.3 Å². The van der Waals surface area contributed by atoms with Crippen LogP contribution in [0, 0.1) is 0 Å². The minimum absolute atomic E-state index is 0.472. The van der Waals surface area contributed by atoms with Crippen LogP contribution in [0.1, 0.15) is 20.8 Å². The Balaban J connectivity index is 0.000000129. The highest BCUT2D eigenvalue weighted by atomic mass is 35.5. The van der Waals surface area contributed by atoms with Crippen molar-refractivity contribution in [2.45, 2.75) is 26.4 Å². The molecular weight excluding hydrogens is 682 g/mol. The normalized spacial score (nSPS) is 12.6. The van der Waals surface area contributed by atoms with Gasteiger partial charge in [0, 0.05) is 21.5 Å². The van der Waals surface area contributed by atoms with Crippen molar-refractivity contribution in [1.29, 1.82) is 0 Å². The summed E-state index contributed by atoms with van der Waals surface area (Å²) >= 11 is 6.54. The number of imidazole rings is 4. The van der Waals surface area contributed by atoms with Crippen molar-refractivity contribution in [3.05, 3.63) is 126 Å². The van der Waals surface area contributed by atoms with Gasteiger partial charge in [-0.2, -0.15) is 0 Å². The highest BCUT2D eigenvalue weighted by molar-refractivity contribution is 6.37. The molecule has 0 atom stereocenters. The van der Waals surface area contributed by atoms with E-state index >= 15 is 0 Å². The summed E-state index contributed by atoms with van der Waals surface area (Å²) in [5.41, 5.74) is 10.7. The van der Waals surface area contributed by atoms with Crippen LogP contribution < -0.4 is 5.32 Å². The maximum atomic E-state index is 12.5. The third-order valence-corrected chi connectivity index (χ3v) is 10.4. The number of nitrogens with one attached hydrogen (secondary N) is 1.